The quantitative estimate of drug-likeness (QED) is 0.779. The molecular formula is C11H18N4O. The van der Waals surface area contributed by atoms with Gasteiger partial charge in [-0.15, -0.1) is 0 Å². The van der Waals surface area contributed by atoms with E-state index in [0.29, 0.717) is 11.6 Å². The van der Waals surface area contributed by atoms with E-state index in [1.165, 1.54) is 0 Å². The van der Waals surface area contributed by atoms with Crippen molar-refractivity contribution in [3.8, 4) is 0 Å². The number of carbonyl (C=O) groups excluding carboxylic acids is 1. The number of rotatable bonds is 2. The highest BCUT2D eigenvalue weighted by atomic mass is 16.2. The molecule has 0 spiro atoms. The van der Waals surface area contributed by atoms with Crippen LogP contribution >= 0.6 is 0 Å². The summed E-state index contributed by atoms with van der Waals surface area (Å²) in [5.74, 6) is 0.658. The van der Waals surface area contributed by atoms with Gasteiger partial charge in [-0.3, -0.25) is 9.48 Å². The summed E-state index contributed by atoms with van der Waals surface area (Å²) in [6, 6.07) is 1.76. The lowest BCUT2D eigenvalue weighted by Crippen LogP contribution is -2.40. The van der Waals surface area contributed by atoms with E-state index in [1.54, 1.807) is 24.0 Å². The molecule has 2 rings (SSSR count). The Kier molecular flexibility index (Phi) is 3.24. The van der Waals surface area contributed by atoms with Crippen molar-refractivity contribution in [1.29, 1.82) is 0 Å². The Bertz CT molecular complexity index is 366. The third-order valence-electron chi connectivity index (χ3n) is 3.28. The Balaban J connectivity index is 2.00. The molecule has 88 valence electrons. The Labute approximate surface area is 95.2 Å². The van der Waals surface area contributed by atoms with E-state index in [-0.39, 0.29) is 5.91 Å². The van der Waals surface area contributed by atoms with Crippen molar-refractivity contribution in [3.63, 3.8) is 0 Å². The molecule has 5 nitrogen and oxygen atoms in total. The second-order valence-corrected chi connectivity index (χ2v) is 4.31. The number of likely N-dealkylation sites (tertiary alicyclic amines) is 1. The minimum atomic E-state index is 0.0791. The monoisotopic (exact) mass is 222 g/mol. The van der Waals surface area contributed by atoms with Gasteiger partial charge in [-0.1, -0.05) is 0 Å². The number of nitrogens with zero attached hydrogens (tertiary/aromatic N) is 3. The van der Waals surface area contributed by atoms with Gasteiger partial charge >= 0.3 is 0 Å². The van der Waals surface area contributed by atoms with Crippen molar-refractivity contribution >= 4 is 5.91 Å². The third-order valence-corrected chi connectivity index (χ3v) is 3.28. The Morgan fingerprint density at radius 2 is 2.25 bits per heavy atom. The summed E-state index contributed by atoms with van der Waals surface area (Å²) in [5.41, 5.74) is 6.28. The van der Waals surface area contributed by atoms with Gasteiger partial charge in [0.1, 0.15) is 5.69 Å². The van der Waals surface area contributed by atoms with Crippen LogP contribution < -0.4 is 5.73 Å². The molecule has 1 aromatic rings. The fourth-order valence-corrected chi connectivity index (χ4v) is 2.12. The number of aromatic nitrogens is 2. The normalized spacial score (nSPS) is 17.8. The van der Waals surface area contributed by atoms with Crippen molar-refractivity contribution < 1.29 is 4.79 Å². The fraction of sp³-hybridized carbons (Fsp3) is 0.636. The molecule has 1 fully saturated rings. The molecule has 5 heteroatoms. The summed E-state index contributed by atoms with van der Waals surface area (Å²) in [5, 5.41) is 4.01. The highest BCUT2D eigenvalue weighted by Gasteiger charge is 2.24. The molecule has 1 aliphatic rings. The molecule has 1 aromatic heterocycles. The van der Waals surface area contributed by atoms with Crippen molar-refractivity contribution in [3.05, 3.63) is 18.0 Å². The van der Waals surface area contributed by atoms with Crippen LogP contribution in [0.1, 0.15) is 23.3 Å². The summed E-state index contributed by atoms with van der Waals surface area (Å²) in [6.07, 6.45) is 3.68. The molecule has 0 aliphatic carbocycles. The van der Waals surface area contributed by atoms with Gasteiger partial charge < -0.3 is 10.6 Å². The first-order valence-corrected chi connectivity index (χ1v) is 5.69. The molecule has 0 saturated carbocycles. The number of hydrogen-bond donors (Lipinski definition) is 1. The maximum Gasteiger partial charge on any atom is 0.272 e. The van der Waals surface area contributed by atoms with Crippen molar-refractivity contribution in [1.82, 2.24) is 14.7 Å². The van der Waals surface area contributed by atoms with Crippen LogP contribution in [0.2, 0.25) is 0 Å². The SMILES string of the molecule is Cn1nccc1C(=O)N1CCC(CN)CC1. The summed E-state index contributed by atoms with van der Waals surface area (Å²) < 4.78 is 1.62. The molecule has 0 atom stereocenters. The molecular weight excluding hydrogens is 204 g/mol. The first kappa shape index (κ1) is 11.1. The lowest BCUT2D eigenvalue weighted by molar-refractivity contribution is 0.0682. The van der Waals surface area contributed by atoms with Crippen molar-refractivity contribution in [2.45, 2.75) is 12.8 Å². The maximum absolute atomic E-state index is 12.1. The van der Waals surface area contributed by atoms with Gasteiger partial charge in [0.05, 0.1) is 0 Å². The zero-order chi connectivity index (χ0) is 11.5. The van der Waals surface area contributed by atoms with E-state index < -0.39 is 0 Å². The van der Waals surface area contributed by atoms with Crippen LogP contribution in [-0.4, -0.2) is 40.2 Å². The molecule has 0 bridgehead atoms. The van der Waals surface area contributed by atoms with Gasteiger partial charge in [0.15, 0.2) is 0 Å². The van der Waals surface area contributed by atoms with Gasteiger partial charge in [-0.25, -0.2) is 0 Å². The zero-order valence-electron chi connectivity index (χ0n) is 9.59. The highest BCUT2D eigenvalue weighted by Crippen LogP contribution is 2.17. The number of nitrogens with two attached hydrogens (primary N) is 1. The van der Waals surface area contributed by atoms with Crippen LogP contribution in [0.5, 0.6) is 0 Å². The second-order valence-electron chi connectivity index (χ2n) is 4.31. The fourth-order valence-electron chi connectivity index (χ4n) is 2.12. The molecule has 1 aliphatic heterocycles. The average molecular weight is 222 g/mol. The average Bonchev–Trinajstić information content (AvgIpc) is 2.75. The van der Waals surface area contributed by atoms with E-state index in [9.17, 15) is 4.79 Å². The van der Waals surface area contributed by atoms with Crippen LogP contribution in [0.3, 0.4) is 0 Å². The Morgan fingerprint density at radius 3 is 2.75 bits per heavy atom. The van der Waals surface area contributed by atoms with Gasteiger partial charge in [-0.05, 0) is 31.4 Å². The first-order valence-electron chi connectivity index (χ1n) is 5.69. The van der Waals surface area contributed by atoms with Gasteiger partial charge in [0.25, 0.3) is 5.91 Å². The molecule has 0 aromatic carbocycles. The van der Waals surface area contributed by atoms with E-state index in [4.69, 9.17) is 5.73 Å². The standard InChI is InChI=1S/C11H18N4O/c1-14-10(2-5-13-14)11(16)15-6-3-9(8-12)4-7-15/h2,5,9H,3-4,6-8,12H2,1H3. The minimum absolute atomic E-state index is 0.0791. The molecule has 1 saturated heterocycles. The topological polar surface area (TPSA) is 64.2 Å². The molecule has 0 unspecified atom stereocenters. The highest BCUT2D eigenvalue weighted by molar-refractivity contribution is 5.92. The van der Waals surface area contributed by atoms with Crippen molar-refractivity contribution in [2.24, 2.45) is 18.7 Å². The lowest BCUT2D eigenvalue weighted by Gasteiger charge is -2.31. The van der Waals surface area contributed by atoms with Crippen LogP contribution in [0.25, 0.3) is 0 Å². The molecule has 1 amide bonds. The number of aryl methyl sites for hydroxylation is 1. The number of piperidine rings is 1. The Morgan fingerprint density at radius 1 is 1.56 bits per heavy atom. The number of amides is 1. The van der Waals surface area contributed by atoms with Crippen LogP contribution in [0, 0.1) is 5.92 Å². The summed E-state index contributed by atoms with van der Waals surface area (Å²) in [6.45, 7) is 2.35. The van der Waals surface area contributed by atoms with Crippen LogP contribution in [0.4, 0.5) is 0 Å². The van der Waals surface area contributed by atoms with E-state index in [1.807, 2.05) is 4.90 Å². The smallest absolute Gasteiger partial charge is 0.272 e. The summed E-state index contributed by atoms with van der Waals surface area (Å²) in [4.78, 5) is 14.0. The van der Waals surface area contributed by atoms with Gasteiger partial charge in [0.2, 0.25) is 0 Å². The van der Waals surface area contributed by atoms with E-state index in [2.05, 4.69) is 5.10 Å². The molecule has 16 heavy (non-hydrogen) atoms. The zero-order valence-corrected chi connectivity index (χ0v) is 9.59. The largest absolute Gasteiger partial charge is 0.337 e. The van der Waals surface area contributed by atoms with E-state index >= 15 is 0 Å². The maximum atomic E-state index is 12.1. The molecule has 0 radical (unpaired) electrons. The van der Waals surface area contributed by atoms with Crippen molar-refractivity contribution in [2.75, 3.05) is 19.6 Å². The van der Waals surface area contributed by atoms with Crippen LogP contribution in [-0.2, 0) is 7.05 Å². The predicted molar refractivity (Wildman–Crippen MR) is 60.9 cm³/mol. The number of hydrogen-bond acceptors (Lipinski definition) is 3. The molecule has 2 heterocycles. The summed E-state index contributed by atoms with van der Waals surface area (Å²) >= 11 is 0. The lowest BCUT2D eigenvalue weighted by atomic mass is 9.97. The van der Waals surface area contributed by atoms with Crippen LogP contribution in [0.15, 0.2) is 12.3 Å². The van der Waals surface area contributed by atoms with Gasteiger partial charge in [-0.2, -0.15) is 5.10 Å². The van der Waals surface area contributed by atoms with E-state index in [0.717, 1.165) is 32.5 Å². The third kappa shape index (κ3) is 2.09. The minimum Gasteiger partial charge on any atom is -0.337 e. The Hall–Kier alpha value is -1.36. The van der Waals surface area contributed by atoms with Gasteiger partial charge in [0, 0.05) is 26.3 Å². The molecule has 2 N–H and O–H groups in total. The predicted octanol–water partition coefficient (Wildman–Crippen LogP) is 0.231. The number of carbonyl (C=O) groups is 1. The summed E-state index contributed by atoms with van der Waals surface area (Å²) in [7, 11) is 1.79. The first-order chi connectivity index (χ1) is 7.72. The second kappa shape index (κ2) is 4.65.